The van der Waals surface area contributed by atoms with Crippen molar-refractivity contribution in [1.82, 2.24) is 5.32 Å². The Labute approximate surface area is 98.6 Å². The molecular formula is C11H11Cl2NO. The largest absolute Gasteiger partial charge is 0.307 e. The summed E-state index contributed by atoms with van der Waals surface area (Å²) < 4.78 is 0. The van der Waals surface area contributed by atoms with E-state index in [1.807, 2.05) is 0 Å². The van der Waals surface area contributed by atoms with E-state index >= 15 is 0 Å². The van der Waals surface area contributed by atoms with Crippen LogP contribution in [-0.4, -0.2) is 18.4 Å². The molecule has 0 aromatic heterocycles. The highest BCUT2D eigenvalue weighted by Crippen LogP contribution is 2.26. The molecule has 0 aliphatic heterocycles. The first-order chi connectivity index (χ1) is 7.18. The number of hydrogen-bond acceptors (Lipinski definition) is 2. The first kappa shape index (κ1) is 10.9. The molecule has 4 heteroatoms. The SMILES string of the molecule is O=C(CNC1CC1)c1cccc(Cl)c1Cl. The third kappa shape index (κ3) is 2.71. The molecule has 2 rings (SSSR count). The third-order valence-electron chi connectivity index (χ3n) is 2.38. The minimum Gasteiger partial charge on any atom is -0.307 e. The van der Waals surface area contributed by atoms with Crippen LogP contribution in [0.5, 0.6) is 0 Å². The summed E-state index contributed by atoms with van der Waals surface area (Å²) >= 11 is 11.8. The first-order valence-electron chi connectivity index (χ1n) is 4.89. The number of hydrogen-bond donors (Lipinski definition) is 1. The molecule has 0 amide bonds. The molecule has 0 atom stereocenters. The van der Waals surface area contributed by atoms with E-state index in [4.69, 9.17) is 23.2 Å². The van der Waals surface area contributed by atoms with Crippen LogP contribution in [0.1, 0.15) is 23.2 Å². The average molecular weight is 244 g/mol. The molecule has 1 N–H and O–H groups in total. The van der Waals surface area contributed by atoms with Crippen molar-refractivity contribution in [1.29, 1.82) is 0 Å². The van der Waals surface area contributed by atoms with Crippen LogP contribution in [0.25, 0.3) is 0 Å². The van der Waals surface area contributed by atoms with Gasteiger partial charge in [0.15, 0.2) is 5.78 Å². The Morgan fingerprint density at radius 3 is 2.80 bits per heavy atom. The lowest BCUT2D eigenvalue weighted by molar-refractivity contribution is 0.0990. The normalized spacial score (nSPS) is 15.3. The summed E-state index contributed by atoms with van der Waals surface area (Å²) in [6, 6.07) is 5.63. The zero-order chi connectivity index (χ0) is 10.8. The molecule has 2 nitrogen and oxygen atoms in total. The smallest absolute Gasteiger partial charge is 0.178 e. The molecule has 0 bridgehead atoms. The summed E-state index contributed by atoms with van der Waals surface area (Å²) in [6.45, 7) is 0.338. The van der Waals surface area contributed by atoms with E-state index in [9.17, 15) is 4.79 Å². The van der Waals surface area contributed by atoms with Crippen molar-refractivity contribution in [3.8, 4) is 0 Å². The van der Waals surface area contributed by atoms with Crippen molar-refractivity contribution >= 4 is 29.0 Å². The minimum absolute atomic E-state index is 0.00519. The van der Waals surface area contributed by atoms with Gasteiger partial charge in [0.2, 0.25) is 0 Å². The number of carbonyl (C=O) groups is 1. The first-order valence-corrected chi connectivity index (χ1v) is 5.64. The summed E-state index contributed by atoms with van der Waals surface area (Å²) in [5, 5.41) is 3.92. The second kappa shape index (κ2) is 4.52. The number of halogens is 2. The number of rotatable bonds is 4. The Balaban J connectivity index is 2.06. The zero-order valence-corrected chi connectivity index (χ0v) is 9.61. The van der Waals surface area contributed by atoms with Crippen LogP contribution in [-0.2, 0) is 0 Å². The number of Topliss-reactive ketones (excluding diaryl/α,β-unsaturated/α-hetero) is 1. The van der Waals surface area contributed by atoms with Crippen LogP contribution in [0, 0.1) is 0 Å². The summed E-state index contributed by atoms with van der Waals surface area (Å²) in [4.78, 5) is 11.7. The summed E-state index contributed by atoms with van der Waals surface area (Å²) in [7, 11) is 0. The second-order valence-corrected chi connectivity index (χ2v) is 4.46. The number of nitrogens with one attached hydrogen (secondary N) is 1. The average Bonchev–Trinajstić information content (AvgIpc) is 3.02. The molecule has 1 aromatic rings. The molecule has 1 aliphatic carbocycles. The highest BCUT2D eigenvalue weighted by atomic mass is 35.5. The van der Waals surface area contributed by atoms with E-state index in [0.717, 1.165) is 12.8 Å². The van der Waals surface area contributed by atoms with E-state index in [2.05, 4.69) is 5.32 Å². The molecule has 0 radical (unpaired) electrons. The summed E-state index contributed by atoms with van der Waals surface area (Å²) in [6.07, 6.45) is 2.33. The van der Waals surface area contributed by atoms with Crippen molar-refractivity contribution in [2.45, 2.75) is 18.9 Å². The van der Waals surface area contributed by atoms with E-state index in [1.54, 1.807) is 18.2 Å². The lowest BCUT2D eigenvalue weighted by atomic mass is 10.1. The second-order valence-electron chi connectivity index (χ2n) is 3.68. The standard InChI is InChI=1S/C11H11Cl2NO/c12-9-3-1-2-8(11(9)13)10(15)6-14-7-4-5-7/h1-3,7,14H,4-6H2. The topological polar surface area (TPSA) is 29.1 Å². The van der Waals surface area contributed by atoms with Crippen LogP contribution in [0.2, 0.25) is 10.0 Å². The van der Waals surface area contributed by atoms with Gasteiger partial charge in [-0.05, 0) is 25.0 Å². The van der Waals surface area contributed by atoms with Gasteiger partial charge in [-0.1, -0.05) is 29.3 Å². The maximum atomic E-state index is 11.7. The Kier molecular flexibility index (Phi) is 3.29. The van der Waals surface area contributed by atoms with Crippen molar-refractivity contribution in [2.75, 3.05) is 6.54 Å². The van der Waals surface area contributed by atoms with Gasteiger partial charge in [0.05, 0.1) is 16.6 Å². The van der Waals surface area contributed by atoms with Crippen LogP contribution < -0.4 is 5.32 Å². The van der Waals surface area contributed by atoms with Crippen molar-refractivity contribution in [3.05, 3.63) is 33.8 Å². The van der Waals surface area contributed by atoms with Gasteiger partial charge in [0.25, 0.3) is 0 Å². The van der Waals surface area contributed by atoms with Gasteiger partial charge < -0.3 is 5.32 Å². The lowest BCUT2D eigenvalue weighted by Gasteiger charge is -2.05. The maximum Gasteiger partial charge on any atom is 0.178 e. The van der Waals surface area contributed by atoms with Crippen LogP contribution >= 0.6 is 23.2 Å². The van der Waals surface area contributed by atoms with E-state index in [0.29, 0.717) is 28.2 Å². The molecule has 0 saturated heterocycles. The lowest BCUT2D eigenvalue weighted by Crippen LogP contribution is -2.25. The number of ketones is 1. The van der Waals surface area contributed by atoms with Gasteiger partial charge >= 0.3 is 0 Å². The molecular weight excluding hydrogens is 233 g/mol. The van der Waals surface area contributed by atoms with Gasteiger partial charge in [0, 0.05) is 11.6 Å². The fourth-order valence-corrected chi connectivity index (χ4v) is 1.74. The van der Waals surface area contributed by atoms with Gasteiger partial charge in [-0.25, -0.2) is 0 Å². The Hall–Kier alpha value is -0.570. The fourth-order valence-electron chi connectivity index (χ4n) is 1.34. The summed E-state index contributed by atoms with van der Waals surface area (Å²) in [5.41, 5.74) is 0.498. The van der Waals surface area contributed by atoms with Gasteiger partial charge in [0.1, 0.15) is 0 Å². The molecule has 1 fully saturated rings. The molecule has 1 saturated carbocycles. The predicted molar refractivity (Wildman–Crippen MR) is 61.8 cm³/mol. The van der Waals surface area contributed by atoms with Crippen LogP contribution in [0.15, 0.2) is 18.2 Å². The van der Waals surface area contributed by atoms with E-state index < -0.39 is 0 Å². The molecule has 0 spiro atoms. The molecule has 1 aromatic carbocycles. The highest BCUT2D eigenvalue weighted by molar-refractivity contribution is 6.43. The molecule has 0 unspecified atom stereocenters. The Morgan fingerprint density at radius 2 is 2.13 bits per heavy atom. The molecule has 15 heavy (non-hydrogen) atoms. The number of carbonyl (C=O) groups excluding carboxylic acids is 1. The Bertz CT molecular complexity index is 388. The quantitative estimate of drug-likeness (QED) is 0.825. The van der Waals surface area contributed by atoms with Gasteiger partial charge in [-0.15, -0.1) is 0 Å². The van der Waals surface area contributed by atoms with Crippen molar-refractivity contribution < 1.29 is 4.79 Å². The highest BCUT2D eigenvalue weighted by Gasteiger charge is 2.22. The summed E-state index contributed by atoms with van der Waals surface area (Å²) in [5.74, 6) is -0.00519. The minimum atomic E-state index is -0.00519. The van der Waals surface area contributed by atoms with E-state index in [1.165, 1.54) is 0 Å². The monoisotopic (exact) mass is 243 g/mol. The fraction of sp³-hybridized carbons (Fsp3) is 0.364. The van der Waals surface area contributed by atoms with Crippen molar-refractivity contribution in [2.24, 2.45) is 0 Å². The van der Waals surface area contributed by atoms with E-state index in [-0.39, 0.29) is 5.78 Å². The van der Waals surface area contributed by atoms with Crippen LogP contribution in [0.4, 0.5) is 0 Å². The van der Waals surface area contributed by atoms with Gasteiger partial charge in [-0.2, -0.15) is 0 Å². The number of benzene rings is 1. The molecule has 0 heterocycles. The molecule has 1 aliphatic rings. The van der Waals surface area contributed by atoms with Gasteiger partial charge in [-0.3, -0.25) is 4.79 Å². The van der Waals surface area contributed by atoms with Crippen molar-refractivity contribution in [3.63, 3.8) is 0 Å². The van der Waals surface area contributed by atoms with Crippen LogP contribution in [0.3, 0.4) is 0 Å². The zero-order valence-electron chi connectivity index (χ0n) is 8.09. The third-order valence-corrected chi connectivity index (χ3v) is 3.20. The molecule has 80 valence electrons. The Morgan fingerprint density at radius 1 is 1.40 bits per heavy atom. The predicted octanol–water partition coefficient (Wildman–Crippen LogP) is 2.93. The maximum absolute atomic E-state index is 11.7.